The van der Waals surface area contributed by atoms with Crippen LogP contribution in [0.5, 0.6) is 0 Å². The summed E-state index contributed by atoms with van der Waals surface area (Å²) in [6, 6.07) is 15.0. The highest BCUT2D eigenvalue weighted by Crippen LogP contribution is 2.26. The van der Waals surface area contributed by atoms with Gasteiger partial charge in [0.05, 0.1) is 5.69 Å². The summed E-state index contributed by atoms with van der Waals surface area (Å²) in [6.07, 6.45) is 3.21. The van der Waals surface area contributed by atoms with Crippen molar-refractivity contribution in [2.45, 2.75) is 31.3 Å². The lowest BCUT2D eigenvalue weighted by atomic mass is 9.99. The quantitative estimate of drug-likeness (QED) is 0.270. The number of thioether (sulfide) groups is 1. The van der Waals surface area contributed by atoms with Crippen LogP contribution in [-0.2, 0) is 19.9 Å². The topological polar surface area (TPSA) is 60.0 Å². The third kappa shape index (κ3) is 5.08. The van der Waals surface area contributed by atoms with E-state index in [1.54, 1.807) is 23.9 Å². The average Bonchev–Trinajstić information content (AvgIpc) is 3.37. The second-order valence-corrected chi connectivity index (χ2v) is 9.79. The van der Waals surface area contributed by atoms with E-state index < -0.39 is 0 Å². The van der Waals surface area contributed by atoms with Crippen molar-refractivity contribution < 1.29 is 8.91 Å². The number of fused-ring (bicyclic) bond motifs is 1. The lowest BCUT2D eigenvalue weighted by Gasteiger charge is -2.19. The summed E-state index contributed by atoms with van der Waals surface area (Å²) in [5.41, 5.74) is 5.73. The summed E-state index contributed by atoms with van der Waals surface area (Å²) >= 11 is 1.72. The fourth-order valence-corrected chi connectivity index (χ4v) is 5.23. The molecule has 0 fully saturated rings. The molecule has 5 rings (SSSR count). The zero-order valence-corrected chi connectivity index (χ0v) is 20.3. The zero-order valence-electron chi connectivity index (χ0n) is 19.5. The number of halogens is 1. The molecular formula is C26H28FN5OS. The molecule has 2 aromatic carbocycles. The lowest BCUT2D eigenvalue weighted by molar-refractivity contribution is 0.289. The lowest BCUT2D eigenvalue weighted by Crippen LogP contribution is -2.27. The third-order valence-corrected chi connectivity index (χ3v) is 7.41. The van der Waals surface area contributed by atoms with Crippen molar-refractivity contribution in [1.82, 2.24) is 24.8 Å². The van der Waals surface area contributed by atoms with E-state index in [9.17, 15) is 4.39 Å². The van der Waals surface area contributed by atoms with E-state index in [0.717, 1.165) is 78.2 Å². The first-order chi connectivity index (χ1) is 16.6. The van der Waals surface area contributed by atoms with Crippen molar-refractivity contribution in [2.24, 2.45) is 7.05 Å². The predicted octanol–water partition coefficient (Wildman–Crippen LogP) is 5.17. The van der Waals surface area contributed by atoms with Crippen LogP contribution in [0.15, 0.2) is 58.2 Å². The molecule has 0 saturated carbocycles. The molecule has 0 radical (unpaired) electrons. The van der Waals surface area contributed by atoms with Gasteiger partial charge in [0.2, 0.25) is 0 Å². The molecule has 1 aliphatic rings. The Bertz CT molecular complexity index is 1270. The molecule has 0 aliphatic carbocycles. The number of rotatable bonds is 7. The third-order valence-electron chi connectivity index (χ3n) is 6.30. The van der Waals surface area contributed by atoms with E-state index in [0.29, 0.717) is 0 Å². The van der Waals surface area contributed by atoms with E-state index in [1.807, 2.05) is 24.6 Å². The maximum absolute atomic E-state index is 13.2. The molecule has 0 saturated heterocycles. The van der Waals surface area contributed by atoms with Gasteiger partial charge in [0, 0.05) is 43.1 Å². The summed E-state index contributed by atoms with van der Waals surface area (Å²) in [5, 5.41) is 13.5. The number of hydrogen-bond donors (Lipinski definition) is 0. The molecule has 8 heteroatoms. The highest BCUT2D eigenvalue weighted by atomic mass is 32.2. The van der Waals surface area contributed by atoms with Crippen molar-refractivity contribution in [2.75, 3.05) is 25.4 Å². The Labute approximate surface area is 203 Å². The van der Waals surface area contributed by atoms with Gasteiger partial charge in [0.15, 0.2) is 16.7 Å². The molecule has 0 spiro atoms. The van der Waals surface area contributed by atoms with Gasteiger partial charge in [-0.3, -0.25) is 0 Å². The molecule has 2 aromatic heterocycles. The molecule has 0 N–H and O–H groups in total. The fraction of sp³-hybridized carbons (Fsp3) is 0.346. The van der Waals surface area contributed by atoms with Crippen molar-refractivity contribution in [1.29, 1.82) is 0 Å². The Morgan fingerprint density at radius 1 is 0.971 bits per heavy atom. The van der Waals surface area contributed by atoms with Crippen molar-refractivity contribution in [3.8, 4) is 22.7 Å². The second-order valence-electron chi connectivity index (χ2n) is 8.73. The van der Waals surface area contributed by atoms with E-state index >= 15 is 0 Å². The Hall–Kier alpha value is -2.97. The smallest absolute Gasteiger partial charge is 0.191 e. The van der Waals surface area contributed by atoms with Gasteiger partial charge in [0.25, 0.3) is 0 Å². The van der Waals surface area contributed by atoms with Gasteiger partial charge in [-0.05, 0) is 74.2 Å². The molecule has 6 nitrogen and oxygen atoms in total. The number of nitrogens with zero attached hydrogens (tertiary/aromatic N) is 5. The monoisotopic (exact) mass is 477 g/mol. The van der Waals surface area contributed by atoms with E-state index in [4.69, 9.17) is 4.52 Å². The molecule has 1 aliphatic heterocycles. The van der Waals surface area contributed by atoms with Crippen molar-refractivity contribution >= 4 is 11.8 Å². The van der Waals surface area contributed by atoms with Crippen LogP contribution in [0.25, 0.3) is 22.7 Å². The van der Waals surface area contributed by atoms with E-state index in [-0.39, 0.29) is 5.82 Å². The molecular weight excluding hydrogens is 449 g/mol. The summed E-state index contributed by atoms with van der Waals surface area (Å²) in [5.74, 6) is 2.33. The van der Waals surface area contributed by atoms with Crippen LogP contribution in [0.2, 0.25) is 0 Å². The van der Waals surface area contributed by atoms with Gasteiger partial charge in [-0.1, -0.05) is 29.1 Å². The van der Waals surface area contributed by atoms with Gasteiger partial charge in [-0.15, -0.1) is 10.2 Å². The van der Waals surface area contributed by atoms with E-state index in [2.05, 4.69) is 38.5 Å². The number of aromatic nitrogens is 4. The Morgan fingerprint density at radius 3 is 2.50 bits per heavy atom. The van der Waals surface area contributed by atoms with Crippen LogP contribution in [0.4, 0.5) is 4.39 Å². The highest BCUT2D eigenvalue weighted by Gasteiger charge is 2.16. The predicted molar refractivity (Wildman–Crippen MR) is 132 cm³/mol. The summed E-state index contributed by atoms with van der Waals surface area (Å²) in [6.45, 7) is 5.16. The minimum atomic E-state index is -0.248. The SMILES string of the molecule is Cc1cc(-c2ccc3c(c2)CCN(CCCSc2nnc(-c4ccc(F)cc4)n2C)CC3)on1. The highest BCUT2D eigenvalue weighted by molar-refractivity contribution is 7.99. The first-order valence-corrected chi connectivity index (χ1v) is 12.6. The number of benzene rings is 2. The van der Waals surface area contributed by atoms with Crippen LogP contribution in [-0.4, -0.2) is 50.2 Å². The van der Waals surface area contributed by atoms with Gasteiger partial charge < -0.3 is 14.0 Å². The van der Waals surface area contributed by atoms with Gasteiger partial charge in [-0.2, -0.15) is 0 Å². The van der Waals surface area contributed by atoms with Gasteiger partial charge in [0.1, 0.15) is 5.82 Å². The normalized spacial score (nSPS) is 14.2. The standard InChI is InChI=1S/C26H28FN5OS/c1-18-16-24(33-30-18)22-5-4-19-10-13-32(14-11-21(19)17-22)12-3-15-34-26-29-28-25(31(26)2)20-6-8-23(27)9-7-20/h4-9,16-17H,3,10-15H2,1-2H3. The Morgan fingerprint density at radius 2 is 1.74 bits per heavy atom. The van der Waals surface area contributed by atoms with Gasteiger partial charge in [-0.25, -0.2) is 4.39 Å². The fourth-order valence-electron chi connectivity index (χ4n) is 4.39. The van der Waals surface area contributed by atoms with Crippen molar-refractivity contribution in [3.63, 3.8) is 0 Å². The van der Waals surface area contributed by atoms with Crippen LogP contribution in [0.3, 0.4) is 0 Å². The van der Waals surface area contributed by atoms with Crippen LogP contribution < -0.4 is 0 Å². The molecule has 0 unspecified atom stereocenters. The maximum Gasteiger partial charge on any atom is 0.191 e. The van der Waals surface area contributed by atoms with Crippen molar-refractivity contribution in [3.05, 3.63) is 71.2 Å². The summed E-state index contributed by atoms with van der Waals surface area (Å²) in [4.78, 5) is 2.56. The number of aryl methyl sites for hydroxylation is 1. The molecule has 4 aromatic rings. The largest absolute Gasteiger partial charge is 0.356 e. The summed E-state index contributed by atoms with van der Waals surface area (Å²) < 4.78 is 20.6. The molecule has 3 heterocycles. The van der Waals surface area contributed by atoms with Crippen LogP contribution >= 0.6 is 11.8 Å². The number of hydrogen-bond acceptors (Lipinski definition) is 6. The van der Waals surface area contributed by atoms with E-state index in [1.165, 1.54) is 23.3 Å². The minimum Gasteiger partial charge on any atom is -0.356 e. The molecule has 176 valence electrons. The second kappa shape index (κ2) is 10.1. The first kappa shape index (κ1) is 22.8. The zero-order chi connectivity index (χ0) is 23.5. The van der Waals surface area contributed by atoms with Crippen LogP contribution in [0.1, 0.15) is 23.2 Å². The molecule has 0 atom stereocenters. The summed E-state index contributed by atoms with van der Waals surface area (Å²) in [7, 11) is 1.96. The molecule has 0 amide bonds. The maximum atomic E-state index is 13.2. The van der Waals surface area contributed by atoms with Crippen LogP contribution in [0, 0.1) is 12.7 Å². The Balaban J connectivity index is 1.12. The van der Waals surface area contributed by atoms with Gasteiger partial charge >= 0.3 is 0 Å². The minimum absolute atomic E-state index is 0.248. The first-order valence-electron chi connectivity index (χ1n) is 11.6. The molecule has 34 heavy (non-hydrogen) atoms. The molecule has 0 bridgehead atoms. The Kier molecular flexibility index (Phi) is 6.78. The average molecular weight is 478 g/mol.